The molecule has 2 aliphatic rings. The van der Waals surface area contributed by atoms with Crippen molar-refractivity contribution in [3.63, 3.8) is 0 Å². The van der Waals surface area contributed by atoms with Crippen molar-refractivity contribution in [2.75, 3.05) is 18.5 Å². The van der Waals surface area contributed by atoms with Crippen molar-refractivity contribution in [1.29, 1.82) is 0 Å². The van der Waals surface area contributed by atoms with Crippen LogP contribution in [0.1, 0.15) is 30.7 Å². The second kappa shape index (κ2) is 5.63. The third-order valence-electron chi connectivity index (χ3n) is 3.84. The van der Waals surface area contributed by atoms with E-state index in [0.717, 1.165) is 30.7 Å². The van der Waals surface area contributed by atoms with Crippen LogP contribution >= 0.6 is 0 Å². The summed E-state index contributed by atoms with van der Waals surface area (Å²) in [5.74, 6) is -0.606. The van der Waals surface area contributed by atoms with E-state index in [1.807, 2.05) is 24.3 Å². The predicted molar refractivity (Wildman–Crippen MR) is 74.4 cm³/mol. The predicted octanol–water partition coefficient (Wildman–Crippen LogP) is 1.41. The Bertz CT molecular complexity index is 524. The molecule has 1 fully saturated rings. The number of rotatable bonds is 3. The first-order valence-corrected chi connectivity index (χ1v) is 7.02. The van der Waals surface area contributed by atoms with E-state index in [2.05, 4.69) is 10.6 Å². The molecule has 2 atom stereocenters. The van der Waals surface area contributed by atoms with Gasteiger partial charge in [-0.15, -0.1) is 0 Å². The van der Waals surface area contributed by atoms with Gasteiger partial charge >= 0.3 is 0 Å². The molecule has 0 radical (unpaired) electrons. The third kappa shape index (κ3) is 2.67. The molecule has 1 aromatic carbocycles. The third-order valence-corrected chi connectivity index (χ3v) is 3.84. The molecule has 0 aromatic heterocycles. The van der Waals surface area contributed by atoms with Gasteiger partial charge in [-0.3, -0.25) is 9.59 Å². The van der Waals surface area contributed by atoms with Crippen molar-refractivity contribution in [2.24, 2.45) is 0 Å². The number of carbonyl (C=O) groups is 2. The van der Waals surface area contributed by atoms with Crippen LogP contribution in [0, 0.1) is 0 Å². The maximum absolute atomic E-state index is 12.3. The van der Waals surface area contributed by atoms with Crippen molar-refractivity contribution in [2.45, 2.75) is 31.3 Å². The first-order chi connectivity index (χ1) is 9.74. The average Bonchev–Trinajstić information content (AvgIpc) is 2.97. The second-order valence-electron chi connectivity index (χ2n) is 5.27. The van der Waals surface area contributed by atoms with E-state index in [1.165, 1.54) is 0 Å². The molecule has 2 heterocycles. The molecule has 20 heavy (non-hydrogen) atoms. The number of ether oxygens (including phenoxy) is 1. The fourth-order valence-corrected chi connectivity index (χ4v) is 2.79. The summed E-state index contributed by atoms with van der Waals surface area (Å²) in [7, 11) is 0. The second-order valence-corrected chi connectivity index (χ2v) is 5.27. The Labute approximate surface area is 117 Å². The summed E-state index contributed by atoms with van der Waals surface area (Å²) in [6.07, 6.45) is 2.36. The lowest BCUT2D eigenvalue weighted by Crippen LogP contribution is -2.38. The van der Waals surface area contributed by atoms with E-state index in [0.29, 0.717) is 6.54 Å². The number of amides is 2. The highest BCUT2D eigenvalue weighted by atomic mass is 16.5. The van der Waals surface area contributed by atoms with Crippen LogP contribution in [0.4, 0.5) is 5.69 Å². The Morgan fingerprint density at radius 3 is 3.05 bits per heavy atom. The van der Waals surface area contributed by atoms with E-state index >= 15 is 0 Å². The van der Waals surface area contributed by atoms with Crippen molar-refractivity contribution < 1.29 is 14.3 Å². The SMILES string of the molecule is O=C1CC(C(=O)NCC2CCCO2)c2ccccc2N1. The molecule has 1 saturated heterocycles. The molecule has 1 aromatic rings. The fourth-order valence-electron chi connectivity index (χ4n) is 2.79. The van der Waals surface area contributed by atoms with Gasteiger partial charge in [0.1, 0.15) is 0 Å². The number of carbonyl (C=O) groups excluding carboxylic acids is 2. The summed E-state index contributed by atoms with van der Waals surface area (Å²) in [4.78, 5) is 24.0. The molecule has 0 bridgehead atoms. The molecule has 2 N–H and O–H groups in total. The molecular weight excluding hydrogens is 256 g/mol. The standard InChI is InChI=1S/C15H18N2O3/c18-14-8-12(11-5-1-2-6-13(11)17-14)15(19)16-9-10-4-3-7-20-10/h1-2,5-6,10,12H,3-4,7-9H2,(H,16,19)(H,17,18). The summed E-state index contributed by atoms with van der Waals surface area (Å²) in [5.41, 5.74) is 1.62. The number of anilines is 1. The van der Waals surface area contributed by atoms with Gasteiger partial charge in [0, 0.05) is 25.3 Å². The molecule has 0 saturated carbocycles. The molecule has 0 aliphatic carbocycles. The summed E-state index contributed by atoms with van der Waals surface area (Å²) in [6, 6.07) is 7.46. The Morgan fingerprint density at radius 2 is 2.25 bits per heavy atom. The number of benzene rings is 1. The van der Waals surface area contributed by atoms with Crippen molar-refractivity contribution in [3.8, 4) is 0 Å². The Hall–Kier alpha value is -1.88. The molecule has 3 rings (SSSR count). The maximum atomic E-state index is 12.3. The molecular formula is C15H18N2O3. The van der Waals surface area contributed by atoms with Crippen LogP contribution in [-0.2, 0) is 14.3 Å². The van der Waals surface area contributed by atoms with E-state index in [4.69, 9.17) is 4.74 Å². The molecule has 2 amide bonds. The summed E-state index contributed by atoms with van der Waals surface area (Å²) >= 11 is 0. The number of nitrogens with one attached hydrogen (secondary N) is 2. The minimum atomic E-state index is -0.402. The molecule has 106 valence electrons. The highest BCUT2D eigenvalue weighted by molar-refractivity contribution is 6.01. The van der Waals surface area contributed by atoms with Crippen molar-refractivity contribution >= 4 is 17.5 Å². The van der Waals surface area contributed by atoms with Crippen LogP contribution in [0.25, 0.3) is 0 Å². The molecule has 2 unspecified atom stereocenters. The van der Waals surface area contributed by atoms with Gasteiger partial charge in [0.2, 0.25) is 11.8 Å². The lowest BCUT2D eigenvalue weighted by molar-refractivity contribution is -0.126. The average molecular weight is 274 g/mol. The normalized spacial score (nSPS) is 24.9. The van der Waals surface area contributed by atoms with Crippen molar-refractivity contribution in [1.82, 2.24) is 5.32 Å². The number of para-hydroxylation sites is 1. The van der Waals surface area contributed by atoms with E-state index < -0.39 is 5.92 Å². The fraction of sp³-hybridized carbons (Fsp3) is 0.467. The van der Waals surface area contributed by atoms with Crippen LogP contribution in [0.3, 0.4) is 0 Å². The first kappa shape index (κ1) is 13.1. The van der Waals surface area contributed by atoms with Gasteiger partial charge in [0.15, 0.2) is 0 Å². The Kier molecular flexibility index (Phi) is 3.69. The van der Waals surface area contributed by atoms with Crippen LogP contribution in [0.2, 0.25) is 0 Å². The zero-order valence-corrected chi connectivity index (χ0v) is 11.2. The zero-order chi connectivity index (χ0) is 13.9. The lowest BCUT2D eigenvalue weighted by atomic mass is 9.90. The van der Waals surface area contributed by atoms with Crippen LogP contribution < -0.4 is 10.6 Å². The highest BCUT2D eigenvalue weighted by Gasteiger charge is 2.30. The van der Waals surface area contributed by atoms with Crippen LogP contribution in [-0.4, -0.2) is 31.1 Å². The first-order valence-electron chi connectivity index (χ1n) is 7.02. The van der Waals surface area contributed by atoms with Gasteiger partial charge < -0.3 is 15.4 Å². The molecule has 5 nitrogen and oxygen atoms in total. The Balaban J connectivity index is 1.69. The van der Waals surface area contributed by atoms with Gasteiger partial charge in [-0.05, 0) is 24.5 Å². The quantitative estimate of drug-likeness (QED) is 0.875. The van der Waals surface area contributed by atoms with Gasteiger partial charge in [-0.1, -0.05) is 18.2 Å². The van der Waals surface area contributed by atoms with E-state index in [1.54, 1.807) is 0 Å². The maximum Gasteiger partial charge on any atom is 0.228 e. The number of hydrogen-bond acceptors (Lipinski definition) is 3. The largest absolute Gasteiger partial charge is 0.376 e. The van der Waals surface area contributed by atoms with Gasteiger partial charge in [0.05, 0.1) is 12.0 Å². The molecule has 0 spiro atoms. The minimum Gasteiger partial charge on any atom is -0.376 e. The highest BCUT2D eigenvalue weighted by Crippen LogP contribution is 2.31. The van der Waals surface area contributed by atoms with Gasteiger partial charge in [0.25, 0.3) is 0 Å². The summed E-state index contributed by atoms with van der Waals surface area (Å²) in [5, 5.41) is 5.71. The van der Waals surface area contributed by atoms with Gasteiger partial charge in [-0.25, -0.2) is 0 Å². The summed E-state index contributed by atoms with van der Waals surface area (Å²) < 4.78 is 5.49. The van der Waals surface area contributed by atoms with Crippen molar-refractivity contribution in [3.05, 3.63) is 29.8 Å². The minimum absolute atomic E-state index is 0.0946. The zero-order valence-electron chi connectivity index (χ0n) is 11.2. The number of hydrogen-bond donors (Lipinski definition) is 2. The molecule has 2 aliphatic heterocycles. The number of fused-ring (bicyclic) bond motifs is 1. The van der Waals surface area contributed by atoms with Crippen LogP contribution in [0.5, 0.6) is 0 Å². The van der Waals surface area contributed by atoms with Crippen LogP contribution in [0.15, 0.2) is 24.3 Å². The Morgan fingerprint density at radius 1 is 1.40 bits per heavy atom. The van der Waals surface area contributed by atoms with E-state index in [9.17, 15) is 9.59 Å². The topological polar surface area (TPSA) is 67.4 Å². The lowest BCUT2D eigenvalue weighted by Gasteiger charge is -2.25. The van der Waals surface area contributed by atoms with E-state index in [-0.39, 0.29) is 24.3 Å². The van der Waals surface area contributed by atoms with Gasteiger partial charge in [-0.2, -0.15) is 0 Å². The monoisotopic (exact) mass is 274 g/mol. The smallest absolute Gasteiger partial charge is 0.228 e. The molecule has 5 heteroatoms. The summed E-state index contributed by atoms with van der Waals surface area (Å²) in [6.45, 7) is 1.30.